The van der Waals surface area contributed by atoms with Crippen LogP contribution in [-0.4, -0.2) is 41.0 Å². The van der Waals surface area contributed by atoms with Crippen molar-refractivity contribution in [1.29, 1.82) is 0 Å². The number of hydrogen-bond acceptors (Lipinski definition) is 3. The summed E-state index contributed by atoms with van der Waals surface area (Å²) in [5.74, 6) is -1.93. The summed E-state index contributed by atoms with van der Waals surface area (Å²) in [7, 11) is 0. The van der Waals surface area contributed by atoms with Crippen LogP contribution in [0.25, 0.3) is 0 Å². The Kier molecular flexibility index (Phi) is 5.49. The van der Waals surface area contributed by atoms with Gasteiger partial charge in [-0.15, -0.1) is 0 Å². The van der Waals surface area contributed by atoms with E-state index < -0.39 is 11.7 Å². The SMILES string of the molecule is CCN(CC(=O)NC(C)C)C(=O)c1ccc(O)cc1F. The number of rotatable bonds is 5. The molecule has 6 heteroatoms. The van der Waals surface area contributed by atoms with Crippen molar-refractivity contribution < 1.29 is 19.1 Å². The number of nitrogens with one attached hydrogen (secondary N) is 1. The molecule has 1 aromatic carbocycles. The van der Waals surface area contributed by atoms with E-state index in [4.69, 9.17) is 5.11 Å². The van der Waals surface area contributed by atoms with Crippen LogP contribution in [0.15, 0.2) is 18.2 Å². The molecule has 0 spiro atoms. The molecule has 0 saturated heterocycles. The predicted octanol–water partition coefficient (Wildman–Crippen LogP) is 1.52. The van der Waals surface area contributed by atoms with E-state index >= 15 is 0 Å². The Bertz CT molecular complexity index is 503. The molecule has 2 N–H and O–H groups in total. The number of hydrogen-bond donors (Lipinski definition) is 2. The molecular formula is C14H19FN2O3. The summed E-state index contributed by atoms with van der Waals surface area (Å²) in [5.41, 5.74) is -0.165. The molecule has 0 fully saturated rings. The minimum absolute atomic E-state index is 0.0262. The molecule has 0 aromatic heterocycles. The summed E-state index contributed by atoms with van der Waals surface area (Å²) < 4.78 is 13.6. The van der Waals surface area contributed by atoms with E-state index in [-0.39, 0.29) is 36.4 Å². The summed E-state index contributed by atoms with van der Waals surface area (Å²) in [6, 6.07) is 3.28. The molecule has 1 rings (SSSR count). The second kappa shape index (κ2) is 6.88. The van der Waals surface area contributed by atoms with Gasteiger partial charge in [-0.05, 0) is 32.9 Å². The van der Waals surface area contributed by atoms with Crippen LogP contribution >= 0.6 is 0 Å². The molecular weight excluding hydrogens is 263 g/mol. The van der Waals surface area contributed by atoms with Crippen molar-refractivity contribution in [2.24, 2.45) is 0 Å². The molecule has 0 unspecified atom stereocenters. The van der Waals surface area contributed by atoms with Gasteiger partial charge in [0.15, 0.2) is 0 Å². The fraction of sp³-hybridized carbons (Fsp3) is 0.429. The van der Waals surface area contributed by atoms with Gasteiger partial charge in [0.25, 0.3) is 5.91 Å². The van der Waals surface area contributed by atoms with Gasteiger partial charge in [-0.25, -0.2) is 4.39 Å². The third kappa shape index (κ3) is 4.22. The maximum atomic E-state index is 13.6. The average molecular weight is 282 g/mol. The first-order chi connectivity index (χ1) is 9.35. The van der Waals surface area contributed by atoms with Gasteiger partial charge in [-0.2, -0.15) is 0 Å². The lowest BCUT2D eigenvalue weighted by Crippen LogP contribution is -2.42. The zero-order chi connectivity index (χ0) is 15.3. The standard InChI is InChI=1S/C14H19FN2O3/c1-4-17(8-13(19)16-9(2)3)14(20)11-6-5-10(18)7-12(11)15/h5-7,9,18H,4,8H2,1-3H3,(H,16,19). The topological polar surface area (TPSA) is 69.6 Å². The zero-order valence-corrected chi connectivity index (χ0v) is 11.8. The number of phenols is 1. The van der Waals surface area contributed by atoms with E-state index in [0.29, 0.717) is 0 Å². The number of halogens is 1. The van der Waals surface area contributed by atoms with E-state index in [9.17, 15) is 14.0 Å². The van der Waals surface area contributed by atoms with Gasteiger partial charge in [0.1, 0.15) is 11.6 Å². The normalized spacial score (nSPS) is 10.4. The summed E-state index contributed by atoms with van der Waals surface area (Å²) >= 11 is 0. The van der Waals surface area contributed by atoms with Crippen LogP contribution in [0.4, 0.5) is 4.39 Å². The number of likely N-dealkylation sites (N-methyl/N-ethyl adjacent to an activating group) is 1. The summed E-state index contributed by atoms with van der Waals surface area (Å²) in [5, 5.41) is 11.8. The molecule has 0 atom stereocenters. The van der Waals surface area contributed by atoms with Crippen molar-refractivity contribution >= 4 is 11.8 Å². The van der Waals surface area contributed by atoms with Gasteiger partial charge in [-0.1, -0.05) is 0 Å². The molecule has 0 heterocycles. The van der Waals surface area contributed by atoms with Crippen molar-refractivity contribution in [1.82, 2.24) is 10.2 Å². The summed E-state index contributed by atoms with van der Waals surface area (Å²) in [6.07, 6.45) is 0. The van der Waals surface area contributed by atoms with Crippen molar-refractivity contribution in [3.8, 4) is 5.75 Å². The van der Waals surface area contributed by atoms with Crippen LogP contribution in [0.3, 0.4) is 0 Å². The molecule has 0 saturated carbocycles. The number of amides is 2. The molecule has 5 nitrogen and oxygen atoms in total. The third-order valence-electron chi connectivity index (χ3n) is 2.64. The van der Waals surface area contributed by atoms with E-state index in [1.165, 1.54) is 17.0 Å². The van der Waals surface area contributed by atoms with Gasteiger partial charge in [0.05, 0.1) is 12.1 Å². The van der Waals surface area contributed by atoms with Crippen LogP contribution < -0.4 is 5.32 Å². The highest BCUT2D eigenvalue weighted by Gasteiger charge is 2.20. The van der Waals surface area contributed by atoms with Crippen molar-refractivity contribution in [3.05, 3.63) is 29.6 Å². The third-order valence-corrected chi connectivity index (χ3v) is 2.64. The highest BCUT2D eigenvalue weighted by Crippen LogP contribution is 2.16. The van der Waals surface area contributed by atoms with Crippen molar-refractivity contribution in [2.45, 2.75) is 26.8 Å². The Hall–Kier alpha value is -2.11. The van der Waals surface area contributed by atoms with E-state index in [1.807, 2.05) is 13.8 Å². The van der Waals surface area contributed by atoms with Crippen molar-refractivity contribution in [3.63, 3.8) is 0 Å². The molecule has 110 valence electrons. The fourth-order valence-electron chi connectivity index (χ4n) is 1.72. The zero-order valence-electron chi connectivity index (χ0n) is 11.8. The molecule has 0 radical (unpaired) electrons. The van der Waals surface area contributed by atoms with Crippen LogP contribution in [0, 0.1) is 5.82 Å². The lowest BCUT2D eigenvalue weighted by Gasteiger charge is -2.21. The Labute approximate surface area is 117 Å². The average Bonchev–Trinajstić information content (AvgIpc) is 2.34. The number of phenolic OH excluding ortho intramolecular Hbond substituents is 1. The number of nitrogens with zero attached hydrogens (tertiary/aromatic N) is 1. The predicted molar refractivity (Wildman–Crippen MR) is 72.9 cm³/mol. The van der Waals surface area contributed by atoms with Crippen LogP contribution in [0.2, 0.25) is 0 Å². The van der Waals surface area contributed by atoms with Crippen LogP contribution in [0.1, 0.15) is 31.1 Å². The molecule has 0 aliphatic heterocycles. The van der Waals surface area contributed by atoms with Gasteiger partial charge < -0.3 is 15.3 Å². The highest BCUT2D eigenvalue weighted by molar-refractivity contribution is 5.96. The smallest absolute Gasteiger partial charge is 0.257 e. The Morgan fingerprint density at radius 1 is 1.40 bits per heavy atom. The number of benzene rings is 1. The summed E-state index contributed by atoms with van der Waals surface area (Å²) in [4.78, 5) is 25.1. The Morgan fingerprint density at radius 3 is 2.55 bits per heavy atom. The maximum absolute atomic E-state index is 13.6. The first-order valence-electron chi connectivity index (χ1n) is 6.42. The quantitative estimate of drug-likeness (QED) is 0.860. The second-order valence-corrected chi connectivity index (χ2v) is 4.71. The van der Waals surface area contributed by atoms with E-state index in [1.54, 1.807) is 6.92 Å². The molecule has 0 bridgehead atoms. The summed E-state index contributed by atoms with van der Waals surface area (Å²) in [6.45, 7) is 5.49. The molecule has 0 aliphatic rings. The van der Waals surface area contributed by atoms with Gasteiger partial charge in [0, 0.05) is 18.7 Å². The minimum Gasteiger partial charge on any atom is -0.508 e. The number of carbonyl (C=O) groups excluding carboxylic acids is 2. The second-order valence-electron chi connectivity index (χ2n) is 4.71. The fourth-order valence-corrected chi connectivity index (χ4v) is 1.72. The molecule has 0 aliphatic carbocycles. The Morgan fingerprint density at radius 2 is 2.05 bits per heavy atom. The van der Waals surface area contributed by atoms with Gasteiger partial charge in [0.2, 0.25) is 5.91 Å². The maximum Gasteiger partial charge on any atom is 0.257 e. The van der Waals surface area contributed by atoms with E-state index in [0.717, 1.165) is 6.07 Å². The largest absolute Gasteiger partial charge is 0.508 e. The molecule has 2 amide bonds. The highest BCUT2D eigenvalue weighted by atomic mass is 19.1. The Balaban J connectivity index is 2.84. The van der Waals surface area contributed by atoms with Crippen LogP contribution in [-0.2, 0) is 4.79 Å². The first kappa shape index (κ1) is 15.9. The number of aromatic hydroxyl groups is 1. The molecule has 1 aromatic rings. The van der Waals surface area contributed by atoms with Crippen LogP contribution in [0.5, 0.6) is 5.75 Å². The minimum atomic E-state index is -0.808. The van der Waals surface area contributed by atoms with Gasteiger partial charge in [-0.3, -0.25) is 9.59 Å². The lowest BCUT2D eigenvalue weighted by molar-refractivity contribution is -0.122. The first-order valence-corrected chi connectivity index (χ1v) is 6.42. The van der Waals surface area contributed by atoms with Crippen molar-refractivity contribution in [2.75, 3.05) is 13.1 Å². The lowest BCUT2D eigenvalue weighted by atomic mass is 10.1. The number of carbonyl (C=O) groups is 2. The van der Waals surface area contributed by atoms with E-state index in [2.05, 4.69) is 5.32 Å². The molecule has 20 heavy (non-hydrogen) atoms. The monoisotopic (exact) mass is 282 g/mol. The van der Waals surface area contributed by atoms with Gasteiger partial charge >= 0.3 is 0 Å².